The summed E-state index contributed by atoms with van der Waals surface area (Å²) in [5.41, 5.74) is 1.38. The van der Waals surface area contributed by atoms with Crippen LogP contribution >= 0.6 is 8.60 Å². The molecule has 0 bridgehead atoms. The zero-order chi connectivity index (χ0) is 20.9. The minimum atomic E-state index is -2.26. The van der Waals surface area contributed by atoms with E-state index in [0.29, 0.717) is 17.2 Å². The van der Waals surface area contributed by atoms with Gasteiger partial charge in [-0.2, -0.15) is 0 Å². The molecule has 0 aliphatic heterocycles. The molecule has 3 aromatic rings. The first-order chi connectivity index (χ1) is 13.9. The maximum Gasteiger partial charge on any atom is 0.497 e. The van der Waals surface area contributed by atoms with Gasteiger partial charge in [0.25, 0.3) is 0 Å². The highest BCUT2D eigenvalue weighted by molar-refractivity contribution is 7.42. The Morgan fingerprint density at radius 1 is 0.759 bits per heavy atom. The molecule has 0 saturated heterocycles. The highest BCUT2D eigenvalue weighted by atomic mass is 31.2. The molecule has 3 aromatic carbocycles. The maximum atomic E-state index is 13.2. The van der Waals surface area contributed by atoms with Gasteiger partial charge >= 0.3 is 8.60 Å². The molecule has 3 rings (SSSR count). The van der Waals surface area contributed by atoms with Crippen molar-refractivity contribution in [2.45, 2.75) is 33.1 Å². The molecular weight excluding hydrogens is 390 g/mol. The van der Waals surface area contributed by atoms with Gasteiger partial charge in [-0.3, -0.25) is 0 Å². The Kier molecular flexibility index (Phi) is 6.73. The van der Waals surface area contributed by atoms with Gasteiger partial charge in [-0.25, -0.2) is 0 Å². The van der Waals surface area contributed by atoms with Crippen molar-refractivity contribution >= 4 is 8.60 Å². The molecule has 6 heteroatoms. The topological polar surface area (TPSA) is 36.9 Å². The standard InChI is InChI=1S/C23H24FO4P/c1-17-15-20(25-18-11-7-5-8-12-18)16-21(23(2,3)4)22(17)27-29(28-24)26-19-13-9-6-10-14-19/h5-16H,1-4H3. The molecule has 29 heavy (non-hydrogen) atoms. The molecule has 152 valence electrons. The average molecular weight is 414 g/mol. The predicted octanol–water partition coefficient (Wildman–Crippen LogP) is 7.67. The second kappa shape index (κ2) is 9.25. The molecule has 1 unspecified atom stereocenters. The first-order valence-electron chi connectivity index (χ1n) is 9.24. The Labute approximate surface area is 172 Å². The molecule has 0 N–H and O–H groups in total. The molecule has 0 radical (unpaired) electrons. The molecule has 0 aliphatic carbocycles. The maximum absolute atomic E-state index is 13.2. The summed E-state index contributed by atoms with van der Waals surface area (Å²) >= 11 is 0. The van der Waals surface area contributed by atoms with E-state index in [-0.39, 0.29) is 5.41 Å². The molecule has 0 aliphatic rings. The van der Waals surface area contributed by atoms with Gasteiger partial charge in [0.1, 0.15) is 23.0 Å². The van der Waals surface area contributed by atoms with Crippen LogP contribution in [-0.4, -0.2) is 0 Å². The lowest BCUT2D eigenvalue weighted by atomic mass is 9.85. The number of ether oxygens (including phenoxy) is 1. The van der Waals surface area contributed by atoms with E-state index in [0.717, 1.165) is 16.9 Å². The van der Waals surface area contributed by atoms with E-state index < -0.39 is 8.60 Å². The lowest BCUT2D eigenvalue weighted by molar-refractivity contribution is -0.0158. The van der Waals surface area contributed by atoms with E-state index >= 15 is 0 Å². The van der Waals surface area contributed by atoms with Crippen LogP contribution in [-0.2, 0) is 10.1 Å². The predicted molar refractivity (Wildman–Crippen MR) is 113 cm³/mol. The summed E-state index contributed by atoms with van der Waals surface area (Å²) in [6, 6.07) is 22.2. The zero-order valence-electron chi connectivity index (χ0n) is 16.9. The van der Waals surface area contributed by atoms with Crippen molar-refractivity contribution in [3.63, 3.8) is 0 Å². The Morgan fingerprint density at radius 2 is 1.34 bits per heavy atom. The van der Waals surface area contributed by atoms with Gasteiger partial charge in [0, 0.05) is 5.56 Å². The number of rotatable bonds is 7. The minimum Gasteiger partial charge on any atom is -0.457 e. The van der Waals surface area contributed by atoms with Gasteiger partial charge in [0.05, 0.1) is 0 Å². The first kappa shape index (κ1) is 21.1. The van der Waals surface area contributed by atoms with Gasteiger partial charge in [-0.1, -0.05) is 61.9 Å². The van der Waals surface area contributed by atoms with E-state index in [4.69, 9.17) is 13.8 Å². The van der Waals surface area contributed by atoms with Crippen molar-refractivity contribution in [2.75, 3.05) is 0 Å². The lowest BCUT2D eigenvalue weighted by Crippen LogP contribution is -2.14. The summed E-state index contributed by atoms with van der Waals surface area (Å²) in [5.74, 6) is 2.41. The van der Waals surface area contributed by atoms with Crippen molar-refractivity contribution in [1.82, 2.24) is 0 Å². The fraction of sp³-hybridized carbons (Fsp3) is 0.217. The smallest absolute Gasteiger partial charge is 0.457 e. The fourth-order valence-corrected chi connectivity index (χ4v) is 3.57. The normalized spacial score (nSPS) is 12.3. The second-order valence-corrected chi connectivity index (χ2v) is 8.52. The Balaban J connectivity index is 1.90. The van der Waals surface area contributed by atoms with Crippen LogP contribution in [0, 0.1) is 6.92 Å². The third-order valence-electron chi connectivity index (χ3n) is 4.18. The van der Waals surface area contributed by atoms with Crippen LogP contribution in [0.25, 0.3) is 0 Å². The number of aryl methyl sites for hydroxylation is 1. The number of hydrogen-bond donors (Lipinski definition) is 0. The van der Waals surface area contributed by atoms with E-state index in [1.165, 1.54) is 0 Å². The van der Waals surface area contributed by atoms with Crippen LogP contribution in [0.3, 0.4) is 0 Å². The van der Waals surface area contributed by atoms with Crippen molar-refractivity contribution < 1.29 is 23.0 Å². The fourth-order valence-electron chi connectivity index (χ4n) is 2.79. The largest absolute Gasteiger partial charge is 0.497 e. The molecule has 0 amide bonds. The van der Waals surface area contributed by atoms with Crippen molar-refractivity contribution in [1.29, 1.82) is 0 Å². The van der Waals surface area contributed by atoms with E-state index in [9.17, 15) is 4.53 Å². The molecule has 4 nitrogen and oxygen atoms in total. The van der Waals surface area contributed by atoms with Crippen LogP contribution in [0.4, 0.5) is 4.53 Å². The summed E-state index contributed by atoms with van der Waals surface area (Å²) in [6.07, 6.45) is 0. The van der Waals surface area contributed by atoms with E-state index in [1.54, 1.807) is 24.3 Å². The van der Waals surface area contributed by atoms with Crippen LogP contribution < -0.4 is 13.8 Å². The third-order valence-corrected chi connectivity index (χ3v) is 4.98. The molecule has 0 aromatic heterocycles. The number of hydrogen-bond acceptors (Lipinski definition) is 4. The van der Waals surface area contributed by atoms with Gasteiger partial charge in [0.15, 0.2) is 0 Å². The Morgan fingerprint density at radius 3 is 1.90 bits per heavy atom. The highest BCUT2D eigenvalue weighted by Crippen LogP contribution is 2.47. The molecule has 0 spiro atoms. The summed E-state index contributed by atoms with van der Waals surface area (Å²) in [6.45, 7) is 8.04. The van der Waals surface area contributed by atoms with E-state index in [1.807, 2.05) is 55.5 Å². The lowest BCUT2D eigenvalue weighted by Gasteiger charge is -2.26. The summed E-state index contributed by atoms with van der Waals surface area (Å²) in [7, 11) is -2.26. The van der Waals surface area contributed by atoms with Crippen LogP contribution in [0.2, 0.25) is 0 Å². The first-order valence-corrected chi connectivity index (χ1v) is 10.3. The summed E-state index contributed by atoms with van der Waals surface area (Å²) < 4.78 is 34.6. The van der Waals surface area contributed by atoms with Gasteiger partial charge in [0.2, 0.25) is 0 Å². The number of benzene rings is 3. The highest BCUT2D eigenvalue weighted by Gasteiger charge is 2.27. The summed E-state index contributed by atoms with van der Waals surface area (Å²) in [5, 5.41) is 0. The second-order valence-electron chi connectivity index (χ2n) is 7.57. The van der Waals surface area contributed by atoms with Crippen LogP contribution in [0.15, 0.2) is 72.8 Å². The number of para-hydroxylation sites is 2. The molecule has 1 atom stereocenters. The van der Waals surface area contributed by atoms with Gasteiger partial charge < -0.3 is 13.8 Å². The molecule has 0 heterocycles. The van der Waals surface area contributed by atoms with Gasteiger partial charge in [-0.15, -0.1) is 0 Å². The van der Waals surface area contributed by atoms with Crippen LogP contribution in [0.1, 0.15) is 31.9 Å². The minimum absolute atomic E-state index is 0.278. The average Bonchev–Trinajstić information content (AvgIpc) is 2.69. The van der Waals surface area contributed by atoms with Crippen molar-refractivity contribution in [3.05, 3.63) is 83.9 Å². The third kappa shape index (κ3) is 5.69. The molecular formula is C23H24FO4P. The zero-order valence-corrected chi connectivity index (χ0v) is 17.8. The van der Waals surface area contributed by atoms with Crippen molar-refractivity contribution in [2.24, 2.45) is 0 Å². The SMILES string of the molecule is Cc1cc(Oc2ccccc2)cc(C(C)(C)C)c1OP(OF)Oc1ccccc1. The van der Waals surface area contributed by atoms with Crippen LogP contribution in [0.5, 0.6) is 23.0 Å². The Bertz CT molecular complexity index is 927. The summed E-state index contributed by atoms with van der Waals surface area (Å²) in [4.78, 5) is 0. The van der Waals surface area contributed by atoms with Crippen molar-refractivity contribution in [3.8, 4) is 23.0 Å². The van der Waals surface area contributed by atoms with Gasteiger partial charge in [-0.05, 0) is 58.8 Å². The molecule has 0 saturated carbocycles. The Hall–Kier alpha value is -2.62. The quantitative estimate of drug-likeness (QED) is 0.372. The monoisotopic (exact) mass is 414 g/mol. The number of halogens is 1. The molecule has 0 fully saturated rings. The van der Waals surface area contributed by atoms with E-state index in [2.05, 4.69) is 25.5 Å².